The third-order valence-electron chi connectivity index (χ3n) is 4.81. The molecule has 1 N–H and O–H groups in total. The topological polar surface area (TPSA) is 15.3 Å². The molecule has 1 aliphatic carbocycles. The third-order valence-corrected chi connectivity index (χ3v) is 5.07. The minimum Gasteiger partial charge on any atom is -0.308 e. The van der Waals surface area contributed by atoms with Gasteiger partial charge in [0.05, 0.1) is 0 Å². The van der Waals surface area contributed by atoms with Crippen molar-refractivity contribution in [2.45, 2.75) is 44.6 Å². The van der Waals surface area contributed by atoms with Crippen molar-refractivity contribution in [2.75, 3.05) is 26.2 Å². The van der Waals surface area contributed by atoms with E-state index in [0.717, 1.165) is 17.5 Å². The molecule has 2 aliphatic rings. The lowest BCUT2D eigenvalue weighted by atomic mass is 10.0. The summed E-state index contributed by atoms with van der Waals surface area (Å²) in [6.45, 7) is 4.87. The Balaban J connectivity index is 1.50. The summed E-state index contributed by atoms with van der Waals surface area (Å²) in [5.41, 5.74) is 1.40. The SMILES string of the molecule is Clc1ccc(C(NCCN2CCCCCC2)C2CC2)cc1. The fourth-order valence-corrected chi connectivity index (χ4v) is 3.52. The van der Waals surface area contributed by atoms with Gasteiger partial charge in [0, 0.05) is 24.2 Å². The molecule has 1 aliphatic heterocycles. The number of rotatable bonds is 6. The average Bonchev–Trinajstić information content (AvgIpc) is 3.33. The van der Waals surface area contributed by atoms with Crippen molar-refractivity contribution in [1.82, 2.24) is 10.2 Å². The first kappa shape index (κ1) is 15.3. The Labute approximate surface area is 133 Å². The number of nitrogens with one attached hydrogen (secondary N) is 1. The van der Waals surface area contributed by atoms with E-state index in [4.69, 9.17) is 11.6 Å². The highest BCUT2D eigenvalue weighted by Gasteiger charge is 2.31. The quantitative estimate of drug-likeness (QED) is 0.845. The molecule has 1 aromatic rings. The maximum Gasteiger partial charge on any atom is 0.0406 e. The summed E-state index contributed by atoms with van der Waals surface area (Å²) in [5, 5.41) is 4.63. The largest absolute Gasteiger partial charge is 0.308 e. The van der Waals surface area contributed by atoms with Crippen LogP contribution in [0.4, 0.5) is 0 Å². The first-order valence-corrected chi connectivity index (χ1v) is 8.92. The lowest BCUT2D eigenvalue weighted by Crippen LogP contribution is -2.35. The first-order chi connectivity index (χ1) is 10.3. The van der Waals surface area contributed by atoms with E-state index >= 15 is 0 Å². The second kappa shape index (κ2) is 7.62. The molecule has 1 aromatic carbocycles. The van der Waals surface area contributed by atoms with Crippen molar-refractivity contribution in [1.29, 1.82) is 0 Å². The Hall–Kier alpha value is -0.570. The zero-order valence-corrected chi connectivity index (χ0v) is 13.6. The van der Waals surface area contributed by atoms with Crippen molar-refractivity contribution >= 4 is 11.6 Å². The summed E-state index contributed by atoms with van der Waals surface area (Å²) < 4.78 is 0. The normalized spacial score (nSPS) is 22.0. The molecule has 0 bridgehead atoms. The van der Waals surface area contributed by atoms with Crippen LogP contribution in [0.2, 0.25) is 5.02 Å². The highest BCUT2D eigenvalue weighted by molar-refractivity contribution is 6.30. The molecule has 2 fully saturated rings. The van der Waals surface area contributed by atoms with E-state index in [1.54, 1.807) is 0 Å². The van der Waals surface area contributed by atoms with Crippen molar-refractivity contribution < 1.29 is 0 Å². The lowest BCUT2D eigenvalue weighted by Gasteiger charge is -2.23. The van der Waals surface area contributed by atoms with E-state index in [0.29, 0.717) is 6.04 Å². The van der Waals surface area contributed by atoms with Crippen LogP contribution in [-0.2, 0) is 0 Å². The van der Waals surface area contributed by atoms with E-state index < -0.39 is 0 Å². The molecule has 0 aromatic heterocycles. The summed E-state index contributed by atoms with van der Waals surface area (Å²) in [7, 11) is 0. The van der Waals surface area contributed by atoms with Crippen molar-refractivity contribution in [3.8, 4) is 0 Å². The molecular formula is C18H27ClN2. The Morgan fingerprint density at radius 3 is 2.33 bits per heavy atom. The Kier molecular flexibility index (Phi) is 5.56. The number of nitrogens with zero attached hydrogens (tertiary/aromatic N) is 1. The lowest BCUT2D eigenvalue weighted by molar-refractivity contribution is 0.276. The number of halogens is 1. The Morgan fingerprint density at radius 2 is 1.71 bits per heavy atom. The van der Waals surface area contributed by atoms with Crippen LogP contribution in [0.5, 0.6) is 0 Å². The van der Waals surface area contributed by atoms with Gasteiger partial charge >= 0.3 is 0 Å². The van der Waals surface area contributed by atoms with Gasteiger partial charge in [-0.25, -0.2) is 0 Å². The second-order valence-electron chi connectivity index (χ2n) is 6.58. The van der Waals surface area contributed by atoms with Crippen LogP contribution in [0.1, 0.15) is 50.1 Å². The summed E-state index contributed by atoms with van der Waals surface area (Å²) in [4.78, 5) is 2.63. The first-order valence-electron chi connectivity index (χ1n) is 8.54. The second-order valence-corrected chi connectivity index (χ2v) is 7.01. The molecule has 2 nitrogen and oxygen atoms in total. The van der Waals surface area contributed by atoms with Gasteiger partial charge in [0.2, 0.25) is 0 Å². The zero-order valence-electron chi connectivity index (χ0n) is 12.9. The Morgan fingerprint density at radius 1 is 1.05 bits per heavy atom. The third kappa shape index (κ3) is 4.70. The standard InChI is InChI=1S/C18H27ClN2/c19-17-9-7-16(8-10-17)18(15-5-6-15)20-11-14-21-12-3-1-2-4-13-21/h7-10,15,18,20H,1-6,11-14H2. The van der Waals surface area contributed by atoms with Gasteiger partial charge in [0.1, 0.15) is 0 Å². The molecule has 1 heterocycles. The molecule has 0 spiro atoms. The van der Waals surface area contributed by atoms with Crippen LogP contribution in [0.3, 0.4) is 0 Å². The van der Waals surface area contributed by atoms with Gasteiger partial charge < -0.3 is 10.2 Å². The van der Waals surface area contributed by atoms with Crippen LogP contribution in [0.25, 0.3) is 0 Å². The van der Waals surface area contributed by atoms with Gasteiger partial charge in [-0.1, -0.05) is 36.6 Å². The van der Waals surface area contributed by atoms with Crippen molar-refractivity contribution in [3.05, 3.63) is 34.9 Å². The highest BCUT2D eigenvalue weighted by Crippen LogP contribution is 2.41. The molecule has 0 radical (unpaired) electrons. The van der Waals surface area contributed by atoms with Gasteiger partial charge in [0.25, 0.3) is 0 Å². The minimum atomic E-state index is 0.522. The maximum absolute atomic E-state index is 6.01. The predicted octanol–water partition coefficient (Wildman–Crippen LogP) is 4.26. The van der Waals surface area contributed by atoms with E-state index in [1.807, 2.05) is 12.1 Å². The van der Waals surface area contributed by atoms with E-state index in [-0.39, 0.29) is 0 Å². The molecule has 3 heteroatoms. The zero-order chi connectivity index (χ0) is 14.5. The monoisotopic (exact) mass is 306 g/mol. The number of hydrogen-bond donors (Lipinski definition) is 1. The van der Waals surface area contributed by atoms with E-state index in [2.05, 4.69) is 22.3 Å². The van der Waals surface area contributed by atoms with E-state index in [1.165, 1.54) is 63.7 Å². The fourth-order valence-electron chi connectivity index (χ4n) is 3.39. The predicted molar refractivity (Wildman–Crippen MR) is 89.8 cm³/mol. The molecular weight excluding hydrogens is 280 g/mol. The number of benzene rings is 1. The molecule has 21 heavy (non-hydrogen) atoms. The van der Waals surface area contributed by atoms with Crippen LogP contribution >= 0.6 is 11.6 Å². The van der Waals surface area contributed by atoms with Gasteiger partial charge in [-0.05, 0) is 62.4 Å². The van der Waals surface area contributed by atoms with Gasteiger partial charge in [-0.2, -0.15) is 0 Å². The van der Waals surface area contributed by atoms with Crippen LogP contribution in [0, 0.1) is 5.92 Å². The molecule has 1 unspecified atom stereocenters. The van der Waals surface area contributed by atoms with Crippen LogP contribution < -0.4 is 5.32 Å². The van der Waals surface area contributed by atoms with E-state index in [9.17, 15) is 0 Å². The molecule has 3 rings (SSSR count). The van der Waals surface area contributed by atoms with Gasteiger partial charge in [0.15, 0.2) is 0 Å². The summed E-state index contributed by atoms with van der Waals surface area (Å²) >= 11 is 6.01. The van der Waals surface area contributed by atoms with Gasteiger partial charge in [-0.3, -0.25) is 0 Å². The summed E-state index contributed by atoms with van der Waals surface area (Å²) in [5.74, 6) is 0.829. The van der Waals surface area contributed by atoms with Crippen LogP contribution in [-0.4, -0.2) is 31.1 Å². The van der Waals surface area contributed by atoms with Crippen molar-refractivity contribution in [3.63, 3.8) is 0 Å². The average molecular weight is 307 g/mol. The minimum absolute atomic E-state index is 0.522. The maximum atomic E-state index is 6.01. The molecule has 116 valence electrons. The number of likely N-dealkylation sites (tertiary alicyclic amines) is 1. The number of hydrogen-bond acceptors (Lipinski definition) is 2. The van der Waals surface area contributed by atoms with Gasteiger partial charge in [-0.15, -0.1) is 0 Å². The molecule has 1 atom stereocenters. The van der Waals surface area contributed by atoms with Crippen molar-refractivity contribution in [2.24, 2.45) is 5.92 Å². The summed E-state index contributed by atoms with van der Waals surface area (Å²) in [6.07, 6.45) is 8.32. The highest BCUT2D eigenvalue weighted by atomic mass is 35.5. The molecule has 0 amide bonds. The Bertz CT molecular complexity index is 419. The summed E-state index contributed by atoms with van der Waals surface area (Å²) in [6, 6.07) is 8.93. The molecule has 1 saturated heterocycles. The smallest absolute Gasteiger partial charge is 0.0406 e. The molecule has 1 saturated carbocycles. The fraction of sp³-hybridized carbons (Fsp3) is 0.667. The van der Waals surface area contributed by atoms with Crippen LogP contribution in [0.15, 0.2) is 24.3 Å².